The molecule has 0 fully saturated rings. The van der Waals surface area contributed by atoms with Gasteiger partial charge in [0.15, 0.2) is 0 Å². The first-order valence-corrected chi connectivity index (χ1v) is 2.87. The number of hydrogen-bond acceptors (Lipinski definition) is 3. The van der Waals surface area contributed by atoms with E-state index in [1.165, 1.54) is 13.8 Å². The SMILES string of the molecule is CC(=O)CC(C)=O.[O]=[V]. The van der Waals surface area contributed by atoms with Gasteiger partial charge in [0.25, 0.3) is 0 Å². The summed E-state index contributed by atoms with van der Waals surface area (Å²) in [4.78, 5) is 20.1. The van der Waals surface area contributed by atoms with Gasteiger partial charge in [-0.3, -0.25) is 9.59 Å². The van der Waals surface area contributed by atoms with Crippen molar-refractivity contribution >= 4 is 11.6 Å². The maximum absolute atomic E-state index is 10.0. The standard InChI is InChI=1S/C5H8O2.O.V/c1-4(6)3-5(2)7;;/h3H2,1-2H3;;. The number of hydrogen-bond donors (Lipinski definition) is 0. The second kappa shape index (κ2) is 7.72. The molecule has 0 aliphatic carbocycles. The second-order valence-corrected chi connectivity index (χ2v) is 1.58. The van der Waals surface area contributed by atoms with Crippen molar-refractivity contribution in [2.24, 2.45) is 0 Å². The Labute approximate surface area is 63.0 Å². The molecule has 0 aliphatic heterocycles. The van der Waals surface area contributed by atoms with Gasteiger partial charge in [-0.2, -0.15) is 0 Å². The zero-order valence-corrected chi connectivity index (χ0v) is 6.78. The molecule has 0 heterocycles. The van der Waals surface area contributed by atoms with E-state index in [1.807, 2.05) is 0 Å². The molecule has 0 saturated carbocycles. The zero-order valence-electron chi connectivity index (χ0n) is 5.38. The van der Waals surface area contributed by atoms with Gasteiger partial charge in [0, 0.05) is 0 Å². The number of carbonyl (C=O) groups excluding carboxylic acids is 2. The second-order valence-electron chi connectivity index (χ2n) is 1.58. The third kappa shape index (κ3) is 18.2. The number of ketones is 2. The van der Waals surface area contributed by atoms with Crippen LogP contribution in [-0.4, -0.2) is 11.6 Å². The first-order valence-electron chi connectivity index (χ1n) is 2.30. The van der Waals surface area contributed by atoms with Crippen LogP contribution in [0.3, 0.4) is 0 Å². The maximum atomic E-state index is 10.0. The Bertz CT molecular complexity index is 98.8. The molecule has 9 heavy (non-hydrogen) atoms. The fraction of sp³-hybridized carbons (Fsp3) is 0.600. The predicted octanol–water partition coefficient (Wildman–Crippen LogP) is 0.433. The molecular weight excluding hydrogens is 159 g/mol. The Morgan fingerprint density at radius 1 is 1.11 bits per heavy atom. The van der Waals surface area contributed by atoms with Crippen molar-refractivity contribution in [2.75, 3.05) is 0 Å². The average molecular weight is 167 g/mol. The molecule has 0 atom stereocenters. The molecule has 0 radical (unpaired) electrons. The van der Waals surface area contributed by atoms with E-state index in [9.17, 15) is 9.59 Å². The Morgan fingerprint density at radius 3 is 1.33 bits per heavy atom. The average Bonchev–Trinajstić information content (AvgIpc) is 1.68. The summed E-state index contributed by atoms with van der Waals surface area (Å²) in [5.41, 5.74) is 0. The van der Waals surface area contributed by atoms with Crippen LogP contribution in [0.15, 0.2) is 0 Å². The van der Waals surface area contributed by atoms with Crippen molar-refractivity contribution in [3.63, 3.8) is 0 Å². The van der Waals surface area contributed by atoms with Crippen molar-refractivity contribution in [2.45, 2.75) is 20.3 Å². The van der Waals surface area contributed by atoms with Crippen molar-refractivity contribution in [3.05, 3.63) is 0 Å². The topological polar surface area (TPSA) is 51.2 Å². The van der Waals surface area contributed by atoms with Crippen LogP contribution in [0.2, 0.25) is 0 Å². The van der Waals surface area contributed by atoms with Gasteiger partial charge in [-0.05, 0) is 13.8 Å². The summed E-state index contributed by atoms with van der Waals surface area (Å²) in [5, 5.41) is 0. The minimum absolute atomic E-state index is 0.0625. The molecule has 0 aromatic rings. The van der Waals surface area contributed by atoms with Crippen LogP contribution >= 0.6 is 0 Å². The van der Waals surface area contributed by atoms with Crippen LogP contribution in [0.5, 0.6) is 0 Å². The van der Waals surface area contributed by atoms with Gasteiger partial charge < -0.3 is 0 Å². The molecular formula is C5H8O3V. The van der Waals surface area contributed by atoms with Gasteiger partial charge in [0.1, 0.15) is 11.6 Å². The normalized spacial score (nSPS) is 6.78. The summed E-state index contributed by atoms with van der Waals surface area (Å²) >= 11 is 1.06. The van der Waals surface area contributed by atoms with Crippen LogP contribution in [0.25, 0.3) is 0 Å². The molecule has 4 heteroatoms. The number of Topliss-reactive ketones (excluding diaryl/α,β-unsaturated/α-hetero) is 2. The Morgan fingerprint density at radius 2 is 1.33 bits per heavy atom. The molecule has 0 rings (SSSR count). The van der Waals surface area contributed by atoms with Gasteiger partial charge in [0.05, 0.1) is 6.42 Å². The van der Waals surface area contributed by atoms with E-state index in [-0.39, 0.29) is 18.0 Å². The predicted molar refractivity (Wildman–Crippen MR) is 26.7 cm³/mol. The van der Waals surface area contributed by atoms with E-state index in [4.69, 9.17) is 3.67 Å². The minimum atomic E-state index is -0.0625. The molecule has 0 amide bonds. The van der Waals surface area contributed by atoms with Gasteiger partial charge >= 0.3 is 21.0 Å². The third-order valence-corrected chi connectivity index (χ3v) is 0.498. The van der Waals surface area contributed by atoms with Crippen LogP contribution in [-0.2, 0) is 30.6 Å². The first-order chi connectivity index (χ1) is 4.13. The summed E-state index contributed by atoms with van der Waals surface area (Å²) < 4.78 is 8.19. The van der Waals surface area contributed by atoms with Gasteiger partial charge in [-0.1, -0.05) is 0 Å². The zero-order chi connectivity index (χ0) is 7.86. The molecule has 0 saturated heterocycles. The monoisotopic (exact) mass is 167 g/mol. The Hall–Kier alpha value is -0.276. The van der Waals surface area contributed by atoms with Crippen LogP contribution < -0.4 is 0 Å². The van der Waals surface area contributed by atoms with E-state index in [0.717, 1.165) is 17.4 Å². The fourth-order valence-electron chi connectivity index (χ4n) is 0.351. The summed E-state index contributed by atoms with van der Waals surface area (Å²) in [6.45, 7) is 2.81. The molecule has 0 bridgehead atoms. The van der Waals surface area contributed by atoms with Crippen LogP contribution in [0, 0.1) is 0 Å². The van der Waals surface area contributed by atoms with E-state index < -0.39 is 0 Å². The van der Waals surface area contributed by atoms with Crippen molar-refractivity contribution in [1.82, 2.24) is 0 Å². The van der Waals surface area contributed by atoms with Gasteiger partial charge in [0.2, 0.25) is 0 Å². The quantitative estimate of drug-likeness (QED) is 0.560. The van der Waals surface area contributed by atoms with E-state index in [1.54, 1.807) is 0 Å². The fourth-order valence-corrected chi connectivity index (χ4v) is 0.351. The number of rotatable bonds is 2. The van der Waals surface area contributed by atoms with E-state index in [0.29, 0.717) is 0 Å². The van der Waals surface area contributed by atoms with Crippen molar-refractivity contribution in [1.29, 1.82) is 0 Å². The molecule has 0 aromatic carbocycles. The first kappa shape index (κ1) is 11.5. The van der Waals surface area contributed by atoms with E-state index in [2.05, 4.69) is 0 Å². The summed E-state index contributed by atoms with van der Waals surface area (Å²) in [7, 11) is 0. The summed E-state index contributed by atoms with van der Waals surface area (Å²) in [6.07, 6.45) is 0.0833. The van der Waals surface area contributed by atoms with Crippen LogP contribution in [0.1, 0.15) is 20.3 Å². The summed E-state index contributed by atoms with van der Waals surface area (Å²) in [5.74, 6) is -0.125. The number of carbonyl (C=O) groups is 2. The molecule has 0 spiro atoms. The molecule has 0 aromatic heterocycles. The summed E-state index contributed by atoms with van der Waals surface area (Å²) in [6, 6.07) is 0. The van der Waals surface area contributed by atoms with Gasteiger partial charge in [-0.25, -0.2) is 0 Å². The molecule has 0 aliphatic rings. The van der Waals surface area contributed by atoms with Crippen molar-refractivity contribution in [3.8, 4) is 0 Å². The molecule has 51 valence electrons. The molecule has 3 nitrogen and oxygen atoms in total. The van der Waals surface area contributed by atoms with Gasteiger partial charge in [-0.15, -0.1) is 0 Å². The van der Waals surface area contributed by atoms with Crippen LogP contribution in [0.4, 0.5) is 0 Å². The Kier molecular flexibility index (Phi) is 9.88. The van der Waals surface area contributed by atoms with E-state index >= 15 is 0 Å². The Balaban J connectivity index is 0. The molecule has 0 unspecified atom stereocenters. The molecule has 0 N–H and O–H groups in total. The van der Waals surface area contributed by atoms with Crippen molar-refractivity contribution < 1.29 is 30.6 Å². The third-order valence-electron chi connectivity index (χ3n) is 0.498.